The fourth-order valence-electron chi connectivity index (χ4n) is 4.70. The number of alkyl halides is 3. The lowest BCUT2D eigenvalue weighted by atomic mass is 9.92. The van der Waals surface area contributed by atoms with Gasteiger partial charge in [0.25, 0.3) is 0 Å². The molecule has 7 nitrogen and oxygen atoms in total. The number of aromatic nitrogens is 5. The molecule has 0 N–H and O–H groups in total. The van der Waals surface area contributed by atoms with Gasteiger partial charge in [0, 0.05) is 26.7 Å². The molecule has 2 aliphatic heterocycles. The van der Waals surface area contributed by atoms with Crippen LogP contribution in [0.25, 0.3) is 11.0 Å². The molecule has 0 saturated carbocycles. The molecular formula is C20H22F3N7. The van der Waals surface area contributed by atoms with Gasteiger partial charge in [0.15, 0.2) is 5.65 Å². The molecule has 30 heavy (non-hydrogen) atoms. The molecule has 2 fully saturated rings. The first kappa shape index (κ1) is 19.1. The Labute approximate surface area is 171 Å². The lowest BCUT2D eigenvalue weighted by Crippen LogP contribution is -2.49. The maximum atomic E-state index is 13.1. The quantitative estimate of drug-likeness (QED) is 0.638. The number of hydrogen-bond donors (Lipinski definition) is 0. The van der Waals surface area contributed by atoms with Gasteiger partial charge in [-0.25, -0.2) is 15.0 Å². The lowest BCUT2D eigenvalue weighted by Gasteiger charge is -2.39. The standard InChI is InChI=1S/C20H22F3N7/c1-12-25-18-14(10-24-28(18)2)19(26-12)30-9-7-13-6-8-29(11-15(13)30)17-5-3-4-16(27-17)20(21,22)23/h3-5,10,13,15H,6-9,11H2,1-2H3. The average Bonchev–Trinajstić information content (AvgIpc) is 3.30. The predicted molar refractivity (Wildman–Crippen MR) is 106 cm³/mol. The van der Waals surface area contributed by atoms with E-state index in [4.69, 9.17) is 4.98 Å². The van der Waals surface area contributed by atoms with E-state index in [0.29, 0.717) is 30.6 Å². The number of pyridine rings is 1. The summed E-state index contributed by atoms with van der Waals surface area (Å²) in [6, 6.07) is 4.26. The van der Waals surface area contributed by atoms with E-state index in [9.17, 15) is 13.2 Å². The summed E-state index contributed by atoms with van der Waals surface area (Å²) in [5.74, 6) is 2.39. The third-order valence-corrected chi connectivity index (χ3v) is 6.17. The number of hydrogen-bond acceptors (Lipinski definition) is 6. The van der Waals surface area contributed by atoms with Crippen molar-refractivity contribution < 1.29 is 13.2 Å². The molecule has 0 bridgehead atoms. The first-order chi connectivity index (χ1) is 14.3. The number of fused-ring (bicyclic) bond motifs is 2. The van der Waals surface area contributed by atoms with Crippen molar-refractivity contribution in [2.24, 2.45) is 13.0 Å². The van der Waals surface area contributed by atoms with Crippen molar-refractivity contribution in [3.63, 3.8) is 0 Å². The SMILES string of the molecule is Cc1nc(N2CCC3CCN(c4cccc(C(F)(F)F)n4)CC32)c2cnn(C)c2n1. The van der Waals surface area contributed by atoms with Gasteiger partial charge < -0.3 is 9.80 Å². The van der Waals surface area contributed by atoms with Gasteiger partial charge in [-0.05, 0) is 37.8 Å². The van der Waals surface area contributed by atoms with Crippen molar-refractivity contribution in [1.29, 1.82) is 0 Å². The second kappa shape index (κ2) is 6.82. The molecule has 3 aromatic heterocycles. The van der Waals surface area contributed by atoms with Gasteiger partial charge in [-0.1, -0.05) is 6.07 Å². The minimum atomic E-state index is -4.45. The van der Waals surface area contributed by atoms with Crippen LogP contribution in [0.4, 0.5) is 24.8 Å². The number of aryl methyl sites for hydroxylation is 2. The third-order valence-electron chi connectivity index (χ3n) is 6.17. The zero-order valence-electron chi connectivity index (χ0n) is 16.8. The third kappa shape index (κ3) is 3.14. The van der Waals surface area contributed by atoms with Crippen LogP contribution in [-0.4, -0.2) is 50.4 Å². The molecule has 0 aromatic carbocycles. The van der Waals surface area contributed by atoms with Crippen LogP contribution in [0.15, 0.2) is 24.4 Å². The summed E-state index contributed by atoms with van der Waals surface area (Å²) in [6.07, 6.45) is -0.705. The molecule has 2 saturated heterocycles. The second-order valence-electron chi connectivity index (χ2n) is 8.02. The highest BCUT2D eigenvalue weighted by Crippen LogP contribution is 2.38. The number of halogens is 3. The minimum Gasteiger partial charge on any atom is -0.355 e. The molecule has 2 atom stereocenters. The van der Waals surface area contributed by atoms with E-state index in [-0.39, 0.29) is 6.04 Å². The van der Waals surface area contributed by atoms with Gasteiger partial charge in [0.05, 0.1) is 17.6 Å². The zero-order chi connectivity index (χ0) is 21.0. The van der Waals surface area contributed by atoms with Crippen LogP contribution in [0.2, 0.25) is 0 Å². The molecule has 0 aliphatic carbocycles. The highest BCUT2D eigenvalue weighted by Gasteiger charge is 2.41. The maximum Gasteiger partial charge on any atom is 0.433 e. The Morgan fingerprint density at radius 3 is 2.67 bits per heavy atom. The normalized spacial score (nSPS) is 22.0. The van der Waals surface area contributed by atoms with Crippen LogP contribution >= 0.6 is 0 Å². The van der Waals surface area contributed by atoms with E-state index in [1.54, 1.807) is 16.9 Å². The van der Waals surface area contributed by atoms with E-state index in [1.165, 1.54) is 6.07 Å². The van der Waals surface area contributed by atoms with E-state index < -0.39 is 11.9 Å². The summed E-state index contributed by atoms with van der Waals surface area (Å²) in [5.41, 5.74) is -0.0675. The largest absolute Gasteiger partial charge is 0.433 e. The van der Waals surface area contributed by atoms with Gasteiger partial charge in [0.2, 0.25) is 0 Å². The maximum absolute atomic E-state index is 13.1. The summed E-state index contributed by atoms with van der Waals surface area (Å²) in [7, 11) is 1.85. The van der Waals surface area contributed by atoms with Crippen molar-refractivity contribution in [2.45, 2.75) is 32.0 Å². The van der Waals surface area contributed by atoms with Crippen LogP contribution in [-0.2, 0) is 13.2 Å². The molecule has 2 unspecified atom stereocenters. The summed E-state index contributed by atoms with van der Waals surface area (Å²) in [4.78, 5) is 17.3. The van der Waals surface area contributed by atoms with Crippen LogP contribution in [0.3, 0.4) is 0 Å². The fraction of sp³-hybridized carbons (Fsp3) is 0.500. The van der Waals surface area contributed by atoms with Gasteiger partial charge in [-0.15, -0.1) is 0 Å². The van der Waals surface area contributed by atoms with Crippen molar-refractivity contribution in [1.82, 2.24) is 24.7 Å². The highest BCUT2D eigenvalue weighted by molar-refractivity contribution is 5.87. The molecule has 5 heterocycles. The van der Waals surface area contributed by atoms with Gasteiger partial charge in [-0.3, -0.25) is 4.68 Å². The molecular weight excluding hydrogens is 395 g/mol. The Morgan fingerprint density at radius 1 is 1.07 bits per heavy atom. The van der Waals surface area contributed by atoms with Crippen molar-refractivity contribution >= 4 is 22.7 Å². The highest BCUT2D eigenvalue weighted by atomic mass is 19.4. The number of nitrogens with zero attached hydrogens (tertiary/aromatic N) is 7. The van der Waals surface area contributed by atoms with Crippen molar-refractivity contribution in [2.75, 3.05) is 29.4 Å². The smallest absolute Gasteiger partial charge is 0.355 e. The van der Waals surface area contributed by atoms with E-state index in [1.807, 2.05) is 18.9 Å². The summed E-state index contributed by atoms with van der Waals surface area (Å²) < 4.78 is 41.1. The molecule has 158 valence electrons. The van der Waals surface area contributed by atoms with Crippen molar-refractivity contribution in [3.8, 4) is 0 Å². The van der Waals surface area contributed by atoms with Crippen molar-refractivity contribution in [3.05, 3.63) is 35.9 Å². The molecule has 2 aliphatic rings. The molecule has 0 amide bonds. The number of anilines is 2. The first-order valence-corrected chi connectivity index (χ1v) is 10.0. The van der Waals surface area contributed by atoms with E-state index >= 15 is 0 Å². The zero-order valence-corrected chi connectivity index (χ0v) is 16.8. The Bertz CT molecular complexity index is 1090. The fourth-order valence-corrected chi connectivity index (χ4v) is 4.70. The predicted octanol–water partition coefficient (Wildman–Crippen LogP) is 3.19. The topological polar surface area (TPSA) is 63.0 Å². The van der Waals surface area contributed by atoms with E-state index in [2.05, 4.69) is 20.0 Å². The molecule has 0 spiro atoms. The summed E-state index contributed by atoms with van der Waals surface area (Å²) >= 11 is 0. The van der Waals surface area contributed by atoms with Crippen LogP contribution in [0.5, 0.6) is 0 Å². The van der Waals surface area contributed by atoms with Crippen LogP contribution in [0.1, 0.15) is 24.4 Å². The van der Waals surface area contributed by atoms with Gasteiger partial charge >= 0.3 is 6.18 Å². The van der Waals surface area contributed by atoms with Crippen LogP contribution in [0, 0.1) is 12.8 Å². The van der Waals surface area contributed by atoms with Gasteiger partial charge in [-0.2, -0.15) is 18.3 Å². The molecule has 3 aromatic rings. The number of piperidine rings is 1. The minimum absolute atomic E-state index is 0.160. The molecule has 5 rings (SSSR count). The Hall–Kier alpha value is -2.91. The summed E-state index contributed by atoms with van der Waals surface area (Å²) in [6.45, 7) is 4.04. The Morgan fingerprint density at radius 2 is 1.87 bits per heavy atom. The van der Waals surface area contributed by atoms with Gasteiger partial charge in [0.1, 0.15) is 23.2 Å². The average molecular weight is 417 g/mol. The Balaban J connectivity index is 1.47. The monoisotopic (exact) mass is 417 g/mol. The number of rotatable bonds is 2. The second-order valence-corrected chi connectivity index (χ2v) is 8.02. The lowest BCUT2D eigenvalue weighted by molar-refractivity contribution is -0.141. The van der Waals surface area contributed by atoms with E-state index in [0.717, 1.165) is 42.3 Å². The summed E-state index contributed by atoms with van der Waals surface area (Å²) in [5, 5.41) is 5.23. The first-order valence-electron chi connectivity index (χ1n) is 10.0. The Kier molecular flexibility index (Phi) is 4.33. The molecule has 0 radical (unpaired) electrons. The van der Waals surface area contributed by atoms with Crippen LogP contribution < -0.4 is 9.80 Å². The molecule has 10 heteroatoms.